The van der Waals surface area contributed by atoms with E-state index in [1.54, 1.807) is 0 Å². The molecular weight excluding hydrogens is 1000 g/mol. The maximum Gasteiger partial charge on any atom is 0.472 e. The van der Waals surface area contributed by atoms with Gasteiger partial charge in [-0.15, -0.1) is 0 Å². The number of unbranched alkanes of at least 4 members (excludes halogenated alkanes) is 39. The number of carbonyl (C=O) groups excluding carboxylic acids is 3. The zero-order chi connectivity index (χ0) is 56.9. The number of esters is 3. The molecule has 3 unspecified atom stereocenters. The van der Waals surface area contributed by atoms with Gasteiger partial charge in [-0.1, -0.05) is 269 Å². The maximum atomic E-state index is 13.0. The highest BCUT2D eigenvalue weighted by molar-refractivity contribution is 7.47. The molecule has 0 amide bonds. The number of hydrogen-bond donors (Lipinski definition) is 2. The average molecular weight is 1120 g/mol. The minimum atomic E-state index is -4.75. The quantitative estimate of drug-likeness (QED) is 0.0197. The van der Waals surface area contributed by atoms with Crippen LogP contribution in [0.25, 0.3) is 0 Å². The summed E-state index contributed by atoms with van der Waals surface area (Å²) in [5, 5.41) is 9.85. The summed E-state index contributed by atoms with van der Waals surface area (Å²) >= 11 is 0. The molecule has 0 radical (unpaired) electrons. The minimum absolute atomic E-state index is 0.170. The summed E-state index contributed by atoms with van der Waals surface area (Å²) in [6, 6.07) is 0. The van der Waals surface area contributed by atoms with E-state index in [0.29, 0.717) is 19.3 Å². The highest BCUT2D eigenvalue weighted by atomic mass is 31.2. The zero-order valence-corrected chi connectivity index (χ0v) is 51.8. The topological polar surface area (TPSA) is 155 Å². The second-order valence-corrected chi connectivity index (χ2v) is 23.7. The monoisotopic (exact) mass is 1120 g/mol. The highest BCUT2D eigenvalue weighted by Gasteiger charge is 2.28. The van der Waals surface area contributed by atoms with E-state index < -0.39 is 57.8 Å². The molecule has 0 heterocycles. The van der Waals surface area contributed by atoms with E-state index in [9.17, 15) is 28.9 Å². The molecule has 0 saturated heterocycles. The molecule has 0 aromatic carbocycles. The van der Waals surface area contributed by atoms with Crippen molar-refractivity contribution in [2.75, 3.05) is 26.4 Å². The number of phosphoric ester groups is 1. The summed E-state index contributed by atoms with van der Waals surface area (Å²) in [4.78, 5) is 48.8. The van der Waals surface area contributed by atoms with Gasteiger partial charge in [-0.2, -0.15) is 0 Å². The first kappa shape index (κ1) is 75.7. The lowest BCUT2D eigenvalue weighted by atomic mass is 10.0. The summed E-state index contributed by atoms with van der Waals surface area (Å²) in [5.41, 5.74) is 0. The lowest BCUT2D eigenvalue weighted by Crippen LogP contribution is -2.30. The van der Waals surface area contributed by atoms with Crippen LogP contribution in [0.3, 0.4) is 0 Å². The molecule has 12 heteroatoms. The molecule has 0 bridgehead atoms. The Labute approximate surface area is 480 Å². The van der Waals surface area contributed by atoms with Crippen molar-refractivity contribution in [2.45, 2.75) is 341 Å². The molecular formula is C66H123O11P. The van der Waals surface area contributed by atoms with Gasteiger partial charge >= 0.3 is 25.7 Å². The number of carbonyl (C=O) groups is 3. The second-order valence-electron chi connectivity index (χ2n) is 22.3. The zero-order valence-electron chi connectivity index (χ0n) is 50.9. The van der Waals surface area contributed by atoms with Crippen molar-refractivity contribution in [1.29, 1.82) is 0 Å². The van der Waals surface area contributed by atoms with E-state index in [0.717, 1.165) is 89.9 Å². The molecule has 0 rings (SSSR count). The van der Waals surface area contributed by atoms with Crippen LogP contribution >= 0.6 is 7.82 Å². The molecule has 3 atom stereocenters. The van der Waals surface area contributed by atoms with Crippen LogP contribution in [0.4, 0.5) is 0 Å². The molecule has 0 aliphatic carbocycles. The number of phosphoric acid groups is 1. The molecule has 2 N–H and O–H groups in total. The molecule has 0 fully saturated rings. The van der Waals surface area contributed by atoms with E-state index in [1.165, 1.54) is 180 Å². The Hall–Kier alpha value is -2.30. The van der Waals surface area contributed by atoms with Gasteiger partial charge in [0.15, 0.2) is 6.10 Å². The smallest absolute Gasteiger partial charge is 0.462 e. The van der Waals surface area contributed by atoms with Crippen LogP contribution in [0.2, 0.25) is 0 Å². The largest absolute Gasteiger partial charge is 0.472 e. The standard InChI is InChI=1S/C66H123O11P/c1-4-7-10-13-16-19-22-25-28-30-31-33-36-39-42-45-48-51-54-57-66(70)77-63(59-73-64(68)55-52-49-46-43-40-37-34-27-24-21-18-15-12-9-6-3)61-75-78(71,72)74-60-62(58-67)76-65(69)56-53-50-47-44-41-38-35-32-29-26-23-20-17-14-11-8-5-2/h18,21,26-27,29,34,62-63,67H,4-17,19-20,22-25,28,30-33,35-61H2,1-3H3,(H,71,72)/b21-18-,29-26-,34-27-. The Bertz CT molecular complexity index is 1450. The molecule has 0 saturated carbocycles. The van der Waals surface area contributed by atoms with Crippen molar-refractivity contribution < 1.29 is 52.2 Å². The van der Waals surface area contributed by atoms with Gasteiger partial charge < -0.3 is 24.2 Å². The number of rotatable bonds is 62. The summed E-state index contributed by atoms with van der Waals surface area (Å²) in [6.45, 7) is 4.67. The molecule has 78 heavy (non-hydrogen) atoms. The van der Waals surface area contributed by atoms with Crippen molar-refractivity contribution >= 4 is 25.7 Å². The first-order chi connectivity index (χ1) is 38.2. The van der Waals surface area contributed by atoms with Gasteiger partial charge in [-0.25, -0.2) is 4.57 Å². The van der Waals surface area contributed by atoms with Crippen molar-refractivity contribution in [3.05, 3.63) is 36.5 Å². The Kier molecular flexibility index (Phi) is 59.0. The van der Waals surface area contributed by atoms with Gasteiger partial charge in [0.2, 0.25) is 0 Å². The van der Waals surface area contributed by atoms with Crippen LogP contribution in [-0.2, 0) is 42.2 Å². The van der Waals surface area contributed by atoms with Crippen LogP contribution in [0.15, 0.2) is 36.5 Å². The molecule has 0 spiro atoms. The number of hydrogen-bond acceptors (Lipinski definition) is 10. The van der Waals surface area contributed by atoms with Gasteiger partial charge in [0.1, 0.15) is 12.7 Å². The maximum absolute atomic E-state index is 13.0. The number of aliphatic hydroxyl groups is 1. The Balaban J connectivity index is 4.66. The van der Waals surface area contributed by atoms with Gasteiger partial charge in [-0.3, -0.25) is 23.4 Å². The van der Waals surface area contributed by atoms with Gasteiger partial charge in [0, 0.05) is 19.3 Å². The number of ether oxygens (including phenoxy) is 3. The van der Waals surface area contributed by atoms with Crippen molar-refractivity contribution in [2.24, 2.45) is 0 Å². The SMILES string of the molecule is CCCCC/C=C\C/C=C\CCCCCCCC(=O)OCC(COP(=O)(O)OCC(CO)OC(=O)CCCCCCCCC/C=C\CCCCCCCC)OC(=O)CCCCCCCCCCCCCCCCCCCCC. The van der Waals surface area contributed by atoms with Crippen LogP contribution in [0, 0.1) is 0 Å². The van der Waals surface area contributed by atoms with Crippen molar-refractivity contribution in [3.63, 3.8) is 0 Å². The third-order valence-corrected chi connectivity index (χ3v) is 15.5. The summed E-state index contributed by atoms with van der Waals surface area (Å²) in [6.07, 6.45) is 65.2. The fourth-order valence-electron chi connectivity index (χ4n) is 9.50. The van der Waals surface area contributed by atoms with Crippen LogP contribution < -0.4 is 0 Å². The lowest BCUT2D eigenvalue weighted by Gasteiger charge is -2.21. The van der Waals surface area contributed by atoms with E-state index in [-0.39, 0.29) is 25.9 Å². The third-order valence-electron chi connectivity index (χ3n) is 14.5. The average Bonchev–Trinajstić information content (AvgIpc) is 3.43. The van der Waals surface area contributed by atoms with Gasteiger partial charge in [-0.05, 0) is 77.0 Å². The van der Waals surface area contributed by atoms with Crippen molar-refractivity contribution in [1.82, 2.24) is 0 Å². The first-order valence-corrected chi connectivity index (χ1v) is 34.4. The van der Waals surface area contributed by atoms with Crippen LogP contribution in [0.1, 0.15) is 329 Å². The first-order valence-electron chi connectivity index (χ1n) is 32.9. The normalized spacial score (nSPS) is 13.4. The molecule has 0 aromatic rings. The molecule has 0 aromatic heterocycles. The Morgan fingerprint density at radius 2 is 0.628 bits per heavy atom. The van der Waals surface area contributed by atoms with Crippen LogP contribution in [0.5, 0.6) is 0 Å². The van der Waals surface area contributed by atoms with E-state index in [1.807, 2.05) is 0 Å². The Morgan fingerprint density at radius 3 is 0.987 bits per heavy atom. The van der Waals surface area contributed by atoms with Crippen LogP contribution in [-0.4, -0.2) is 66.5 Å². The minimum Gasteiger partial charge on any atom is -0.462 e. The van der Waals surface area contributed by atoms with Gasteiger partial charge in [0.25, 0.3) is 0 Å². The molecule has 11 nitrogen and oxygen atoms in total. The second kappa shape index (κ2) is 60.8. The molecule has 0 aliphatic rings. The number of aliphatic hydroxyl groups excluding tert-OH is 1. The summed E-state index contributed by atoms with van der Waals surface area (Å²) in [7, 11) is -4.75. The summed E-state index contributed by atoms with van der Waals surface area (Å²) < 4.78 is 39.7. The Morgan fingerprint density at radius 1 is 0.359 bits per heavy atom. The fourth-order valence-corrected chi connectivity index (χ4v) is 10.3. The predicted molar refractivity (Wildman–Crippen MR) is 326 cm³/mol. The predicted octanol–water partition coefficient (Wildman–Crippen LogP) is 19.9. The van der Waals surface area contributed by atoms with E-state index in [4.69, 9.17) is 23.3 Å². The fraction of sp³-hybridized carbons (Fsp3) is 0.864. The lowest BCUT2D eigenvalue weighted by molar-refractivity contribution is -0.161. The van der Waals surface area contributed by atoms with E-state index >= 15 is 0 Å². The third kappa shape index (κ3) is 58.4. The van der Waals surface area contributed by atoms with Crippen molar-refractivity contribution in [3.8, 4) is 0 Å². The molecule has 0 aliphatic heterocycles. The molecule has 458 valence electrons. The number of allylic oxidation sites excluding steroid dienone is 6. The van der Waals surface area contributed by atoms with Gasteiger partial charge in [0.05, 0.1) is 19.8 Å². The highest BCUT2D eigenvalue weighted by Crippen LogP contribution is 2.43. The van der Waals surface area contributed by atoms with E-state index in [2.05, 4.69) is 57.2 Å². The summed E-state index contributed by atoms with van der Waals surface area (Å²) in [5.74, 6) is -1.46.